The molecule has 0 aromatic heterocycles. The van der Waals surface area contributed by atoms with Crippen molar-refractivity contribution in [2.75, 3.05) is 13.1 Å². The van der Waals surface area contributed by atoms with Crippen molar-refractivity contribution in [1.29, 1.82) is 0 Å². The molecule has 2 atom stereocenters. The molecule has 3 nitrogen and oxygen atoms in total. The van der Waals surface area contributed by atoms with Crippen LogP contribution in [0.4, 0.5) is 4.39 Å². The van der Waals surface area contributed by atoms with E-state index in [9.17, 15) is 9.18 Å². The monoisotopic (exact) mass is 286 g/mol. The third-order valence-electron chi connectivity index (χ3n) is 3.33. The molecule has 1 aromatic rings. The van der Waals surface area contributed by atoms with Gasteiger partial charge in [0.05, 0.1) is 0 Å². The molecule has 1 aliphatic rings. The zero-order chi connectivity index (χ0) is 13.0. The smallest absolute Gasteiger partial charge is 0.220 e. The van der Waals surface area contributed by atoms with E-state index in [4.69, 9.17) is 0 Å². The fourth-order valence-electron chi connectivity index (χ4n) is 2.27. The highest BCUT2D eigenvalue weighted by Gasteiger charge is 2.18. The Morgan fingerprint density at radius 1 is 1.58 bits per heavy atom. The van der Waals surface area contributed by atoms with Crippen molar-refractivity contribution < 1.29 is 9.18 Å². The topological polar surface area (TPSA) is 41.1 Å². The van der Waals surface area contributed by atoms with Gasteiger partial charge in [-0.05, 0) is 36.6 Å². The van der Waals surface area contributed by atoms with Crippen molar-refractivity contribution in [3.63, 3.8) is 0 Å². The molecule has 1 amide bonds. The number of amides is 1. The first kappa shape index (κ1) is 15.9. The Bertz CT molecular complexity index is 422. The number of carbonyl (C=O) groups excluding carboxylic acids is 1. The molecule has 19 heavy (non-hydrogen) atoms. The third kappa shape index (κ3) is 4.80. The van der Waals surface area contributed by atoms with Gasteiger partial charge in [0.15, 0.2) is 0 Å². The molecule has 0 radical (unpaired) electrons. The lowest BCUT2D eigenvalue weighted by Gasteiger charge is -2.15. The number of hydrogen-bond acceptors (Lipinski definition) is 2. The van der Waals surface area contributed by atoms with Crippen LogP contribution in [0.25, 0.3) is 0 Å². The van der Waals surface area contributed by atoms with Gasteiger partial charge >= 0.3 is 0 Å². The number of carbonyl (C=O) groups is 1. The van der Waals surface area contributed by atoms with Gasteiger partial charge in [-0.3, -0.25) is 4.79 Å². The van der Waals surface area contributed by atoms with Crippen molar-refractivity contribution in [2.45, 2.75) is 31.7 Å². The molecule has 0 spiro atoms. The molecule has 1 aromatic carbocycles. The number of nitrogens with one attached hydrogen (secondary N) is 2. The molecule has 1 aliphatic heterocycles. The molecule has 2 N–H and O–H groups in total. The van der Waals surface area contributed by atoms with E-state index in [1.807, 2.05) is 13.0 Å². The minimum Gasteiger partial charge on any atom is -0.352 e. The fourth-order valence-corrected chi connectivity index (χ4v) is 2.27. The van der Waals surface area contributed by atoms with E-state index in [-0.39, 0.29) is 36.1 Å². The summed E-state index contributed by atoms with van der Waals surface area (Å²) in [6, 6.07) is 6.70. The van der Waals surface area contributed by atoms with E-state index < -0.39 is 0 Å². The van der Waals surface area contributed by atoms with Gasteiger partial charge in [0.2, 0.25) is 5.91 Å². The predicted octanol–water partition coefficient (Wildman–Crippen LogP) is 2.22. The molecular weight excluding hydrogens is 267 g/mol. The number of rotatable bonds is 4. The first-order valence-corrected chi connectivity index (χ1v) is 6.40. The van der Waals surface area contributed by atoms with Crippen LogP contribution in [0.5, 0.6) is 0 Å². The van der Waals surface area contributed by atoms with Crippen molar-refractivity contribution >= 4 is 18.3 Å². The van der Waals surface area contributed by atoms with E-state index in [1.165, 1.54) is 12.1 Å². The summed E-state index contributed by atoms with van der Waals surface area (Å²) in [5.74, 6) is -0.171. The number of halogens is 2. The average molecular weight is 287 g/mol. The van der Waals surface area contributed by atoms with Gasteiger partial charge in [0, 0.05) is 19.0 Å². The third-order valence-corrected chi connectivity index (χ3v) is 3.33. The highest BCUT2D eigenvalue weighted by Crippen LogP contribution is 2.19. The van der Waals surface area contributed by atoms with Crippen molar-refractivity contribution in [3.05, 3.63) is 35.6 Å². The summed E-state index contributed by atoms with van der Waals surface area (Å²) >= 11 is 0. The van der Waals surface area contributed by atoms with Gasteiger partial charge < -0.3 is 10.6 Å². The largest absolute Gasteiger partial charge is 0.352 e. The van der Waals surface area contributed by atoms with Crippen LogP contribution in [0, 0.1) is 5.82 Å². The van der Waals surface area contributed by atoms with E-state index in [0.717, 1.165) is 25.1 Å². The maximum atomic E-state index is 13.1. The van der Waals surface area contributed by atoms with Gasteiger partial charge in [0.25, 0.3) is 0 Å². The summed E-state index contributed by atoms with van der Waals surface area (Å²) in [6.45, 7) is 3.76. The molecule has 106 valence electrons. The number of benzene rings is 1. The normalized spacial score (nSPS) is 19.6. The van der Waals surface area contributed by atoms with E-state index >= 15 is 0 Å². The lowest BCUT2D eigenvalue weighted by Crippen LogP contribution is -2.36. The van der Waals surface area contributed by atoms with Crippen molar-refractivity contribution in [3.8, 4) is 0 Å². The maximum absolute atomic E-state index is 13.1. The van der Waals surface area contributed by atoms with Crippen LogP contribution in [0.2, 0.25) is 0 Å². The fraction of sp³-hybridized carbons (Fsp3) is 0.500. The Balaban J connectivity index is 0.00000180. The van der Waals surface area contributed by atoms with Crippen molar-refractivity contribution in [1.82, 2.24) is 10.6 Å². The van der Waals surface area contributed by atoms with E-state index in [2.05, 4.69) is 10.6 Å². The molecular formula is C14H20ClFN2O. The van der Waals surface area contributed by atoms with Crippen LogP contribution < -0.4 is 10.6 Å². The SMILES string of the molecule is CC(CC(=O)NC1CCNC1)c1cccc(F)c1.Cl. The lowest BCUT2D eigenvalue weighted by atomic mass is 9.97. The minimum absolute atomic E-state index is 0. The second kappa shape index (κ2) is 7.46. The van der Waals surface area contributed by atoms with Crippen LogP contribution in [0.15, 0.2) is 24.3 Å². The molecule has 0 saturated carbocycles. The highest BCUT2D eigenvalue weighted by atomic mass is 35.5. The maximum Gasteiger partial charge on any atom is 0.220 e. The van der Waals surface area contributed by atoms with Crippen LogP contribution in [-0.2, 0) is 4.79 Å². The van der Waals surface area contributed by atoms with Gasteiger partial charge in [-0.1, -0.05) is 19.1 Å². The summed E-state index contributed by atoms with van der Waals surface area (Å²) in [5.41, 5.74) is 0.870. The average Bonchev–Trinajstić information content (AvgIpc) is 2.81. The highest BCUT2D eigenvalue weighted by molar-refractivity contribution is 5.85. The van der Waals surface area contributed by atoms with Gasteiger partial charge in [0.1, 0.15) is 5.82 Å². The summed E-state index contributed by atoms with van der Waals surface area (Å²) < 4.78 is 13.1. The summed E-state index contributed by atoms with van der Waals surface area (Å²) in [6.07, 6.45) is 1.39. The summed E-state index contributed by atoms with van der Waals surface area (Å²) in [5, 5.41) is 6.20. The first-order valence-electron chi connectivity index (χ1n) is 6.40. The van der Waals surface area contributed by atoms with Crippen molar-refractivity contribution in [2.24, 2.45) is 0 Å². The van der Waals surface area contributed by atoms with E-state index in [1.54, 1.807) is 6.07 Å². The van der Waals surface area contributed by atoms with Crippen LogP contribution in [0.3, 0.4) is 0 Å². The predicted molar refractivity (Wildman–Crippen MR) is 76.1 cm³/mol. The quantitative estimate of drug-likeness (QED) is 0.891. The summed E-state index contributed by atoms with van der Waals surface area (Å²) in [7, 11) is 0. The van der Waals surface area contributed by atoms with Crippen LogP contribution >= 0.6 is 12.4 Å². The Labute approximate surface area is 119 Å². The second-order valence-corrected chi connectivity index (χ2v) is 4.92. The van der Waals surface area contributed by atoms with Crippen LogP contribution in [-0.4, -0.2) is 25.0 Å². The van der Waals surface area contributed by atoms with Gasteiger partial charge in [-0.2, -0.15) is 0 Å². The molecule has 1 fully saturated rings. The minimum atomic E-state index is -0.250. The molecule has 2 rings (SSSR count). The number of hydrogen-bond donors (Lipinski definition) is 2. The van der Waals surface area contributed by atoms with E-state index in [0.29, 0.717) is 6.42 Å². The van der Waals surface area contributed by atoms with Gasteiger partial charge in [-0.25, -0.2) is 4.39 Å². The zero-order valence-electron chi connectivity index (χ0n) is 11.0. The molecule has 2 unspecified atom stereocenters. The Morgan fingerprint density at radius 3 is 3.00 bits per heavy atom. The zero-order valence-corrected chi connectivity index (χ0v) is 11.8. The molecule has 1 saturated heterocycles. The Morgan fingerprint density at radius 2 is 2.37 bits per heavy atom. The first-order chi connectivity index (χ1) is 8.65. The molecule has 0 bridgehead atoms. The Kier molecular flexibility index (Phi) is 6.25. The summed E-state index contributed by atoms with van der Waals surface area (Å²) in [4.78, 5) is 11.8. The van der Waals surface area contributed by atoms with Gasteiger partial charge in [-0.15, -0.1) is 12.4 Å². The second-order valence-electron chi connectivity index (χ2n) is 4.92. The molecule has 0 aliphatic carbocycles. The lowest BCUT2D eigenvalue weighted by molar-refractivity contribution is -0.122. The standard InChI is InChI=1S/C14H19FN2O.ClH/c1-10(11-3-2-4-12(15)8-11)7-14(18)17-13-5-6-16-9-13;/h2-4,8,10,13,16H,5-7,9H2,1H3,(H,17,18);1H. The molecule has 1 heterocycles. The van der Waals surface area contributed by atoms with Crippen LogP contribution in [0.1, 0.15) is 31.2 Å². The molecule has 5 heteroatoms. The Hall–Kier alpha value is -1.13.